The molecular formula is C20H28F2N2O4. The number of rotatable bonds is 8. The topological polar surface area (TPSA) is 71.0 Å². The Balaban J connectivity index is 1.68. The van der Waals surface area contributed by atoms with Crippen molar-refractivity contribution in [3.8, 4) is 0 Å². The summed E-state index contributed by atoms with van der Waals surface area (Å²) in [7, 11) is 0. The number of carbonyl (C=O) groups is 1. The molecule has 28 heavy (non-hydrogen) atoms. The van der Waals surface area contributed by atoms with Gasteiger partial charge in [-0.05, 0) is 18.4 Å². The van der Waals surface area contributed by atoms with Crippen LogP contribution in [0.4, 0.5) is 8.78 Å². The summed E-state index contributed by atoms with van der Waals surface area (Å²) in [6, 6.07) is 7.63. The fraction of sp³-hybridized carbons (Fsp3) is 0.650. The third kappa shape index (κ3) is 3.91. The second-order valence-corrected chi connectivity index (χ2v) is 7.53. The number of nitrogens with zero attached hydrogens (tertiary/aromatic N) is 1. The molecule has 2 fully saturated rings. The number of aliphatic hydroxyl groups is 1. The fourth-order valence-electron chi connectivity index (χ4n) is 4.12. The van der Waals surface area contributed by atoms with Crippen molar-refractivity contribution in [2.75, 3.05) is 19.7 Å². The molecule has 0 aromatic heterocycles. The average Bonchev–Trinajstić information content (AvgIpc) is 3.23. The van der Waals surface area contributed by atoms with Gasteiger partial charge in [-0.1, -0.05) is 44.2 Å². The van der Waals surface area contributed by atoms with Gasteiger partial charge in [-0.25, -0.2) is 8.78 Å². The monoisotopic (exact) mass is 398 g/mol. The van der Waals surface area contributed by atoms with Crippen molar-refractivity contribution < 1.29 is 28.3 Å². The minimum Gasteiger partial charge on any atom is -0.460 e. The molecule has 2 N–H and O–H groups in total. The molecule has 0 bridgehead atoms. The minimum atomic E-state index is -2.95. The highest BCUT2D eigenvalue weighted by Crippen LogP contribution is 2.38. The Hall–Kier alpha value is -1.61. The Bertz CT molecular complexity index is 669. The Morgan fingerprint density at radius 2 is 2.07 bits per heavy atom. The lowest BCUT2D eigenvalue weighted by Gasteiger charge is -2.37. The van der Waals surface area contributed by atoms with Crippen LogP contribution >= 0.6 is 0 Å². The molecule has 156 valence electrons. The molecule has 1 unspecified atom stereocenters. The first kappa shape index (κ1) is 21.1. The Kier molecular flexibility index (Phi) is 6.34. The van der Waals surface area contributed by atoms with E-state index in [4.69, 9.17) is 9.57 Å². The third-order valence-corrected chi connectivity index (χ3v) is 6.02. The Labute approximate surface area is 163 Å². The largest absolute Gasteiger partial charge is 0.460 e. The number of carbonyl (C=O) groups excluding carboxylic acids is 1. The SMILES string of the molecule is CCC(CC)(C(=O)OCc1ccccc1)C(O)CN1OC[C@H]2NCC(F)(F)[C@H]21. The van der Waals surface area contributed by atoms with Gasteiger partial charge in [0.2, 0.25) is 0 Å². The maximum absolute atomic E-state index is 14.2. The molecule has 2 aliphatic rings. The molecule has 1 aromatic carbocycles. The zero-order valence-electron chi connectivity index (χ0n) is 16.2. The van der Waals surface area contributed by atoms with E-state index >= 15 is 0 Å². The third-order valence-electron chi connectivity index (χ3n) is 6.02. The van der Waals surface area contributed by atoms with Crippen LogP contribution in [0.1, 0.15) is 32.3 Å². The molecule has 2 saturated heterocycles. The maximum Gasteiger partial charge on any atom is 0.315 e. The number of nitrogens with one attached hydrogen (secondary N) is 1. The van der Waals surface area contributed by atoms with Crippen molar-refractivity contribution in [3.63, 3.8) is 0 Å². The van der Waals surface area contributed by atoms with Crippen LogP contribution in [-0.4, -0.2) is 59.9 Å². The van der Waals surface area contributed by atoms with Crippen molar-refractivity contribution in [3.05, 3.63) is 35.9 Å². The summed E-state index contributed by atoms with van der Waals surface area (Å²) in [5, 5.41) is 14.8. The summed E-state index contributed by atoms with van der Waals surface area (Å²) in [6.07, 6.45) is -0.537. The van der Waals surface area contributed by atoms with Gasteiger partial charge in [0.1, 0.15) is 12.6 Å². The maximum atomic E-state index is 14.2. The summed E-state index contributed by atoms with van der Waals surface area (Å²) >= 11 is 0. The van der Waals surface area contributed by atoms with Gasteiger partial charge in [0, 0.05) is 0 Å². The van der Waals surface area contributed by atoms with Gasteiger partial charge in [0.15, 0.2) is 0 Å². The lowest BCUT2D eigenvalue weighted by Crippen LogP contribution is -2.52. The average molecular weight is 398 g/mol. The second-order valence-electron chi connectivity index (χ2n) is 7.53. The van der Waals surface area contributed by atoms with Crippen molar-refractivity contribution in [1.82, 2.24) is 10.4 Å². The van der Waals surface area contributed by atoms with Gasteiger partial charge < -0.3 is 15.2 Å². The highest BCUT2D eigenvalue weighted by molar-refractivity contribution is 5.77. The number of aliphatic hydroxyl groups excluding tert-OH is 1. The quantitative estimate of drug-likeness (QED) is 0.654. The van der Waals surface area contributed by atoms with Crippen LogP contribution in [0.15, 0.2) is 30.3 Å². The van der Waals surface area contributed by atoms with Crippen LogP contribution in [0, 0.1) is 5.41 Å². The summed E-state index contributed by atoms with van der Waals surface area (Å²) in [6.45, 7) is 3.20. The van der Waals surface area contributed by atoms with Gasteiger partial charge >= 0.3 is 5.97 Å². The van der Waals surface area contributed by atoms with E-state index in [2.05, 4.69) is 5.32 Å². The first-order chi connectivity index (χ1) is 13.3. The molecule has 6 nitrogen and oxygen atoms in total. The normalized spacial score (nSPS) is 25.5. The number of hydrogen-bond acceptors (Lipinski definition) is 6. The number of fused-ring (bicyclic) bond motifs is 1. The van der Waals surface area contributed by atoms with Crippen LogP contribution in [0.5, 0.6) is 0 Å². The van der Waals surface area contributed by atoms with Gasteiger partial charge in [-0.2, -0.15) is 5.06 Å². The van der Waals surface area contributed by atoms with E-state index in [1.54, 1.807) is 13.8 Å². The summed E-state index contributed by atoms with van der Waals surface area (Å²) in [5.41, 5.74) is -0.341. The minimum absolute atomic E-state index is 0.0983. The molecular weight excluding hydrogens is 370 g/mol. The summed E-state index contributed by atoms with van der Waals surface area (Å²) < 4.78 is 33.8. The van der Waals surface area contributed by atoms with Crippen LogP contribution in [0.3, 0.4) is 0 Å². The number of benzene rings is 1. The van der Waals surface area contributed by atoms with Crippen molar-refractivity contribution in [1.29, 1.82) is 0 Å². The predicted octanol–water partition coefficient (Wildman–Crippen LogP) is 2.12. The molecule has 3 atom stereocenters. The smallest absolute Gasteiger partial charge is 0.315 e. The van der Waals surface area contributed by atoms with Crippen molar-refractivity contribution in [2.24, 2.45) is 5.41 Å². The zero-order chi connectivity index (χ0) is 20.4. The first-order valence-electron chi connectivity index (χ1n) is 9.74. The van der Waals surface area contributed by atoms with E-state index in [0.717, 1.165) is 10.6 Å². The van der Waals surface area contributed by atoms with Gasteiger partial charge in [0.25, 0.3) is 5.92 Å². The van der Waals surface area contributed by atoms with E-state index in [1.165, 1.54) is 0 Å². The number of hydrogen-bond donors (Lipinski definition) is 2. The Morgan fingerprint density at radius 1 is 1.39 bits per heavy atom. The number of halogens is 2. The molecule has 1 aromatic rings. The molecule has 0 amide bonds. The molecule has 8 heteroatoms. The molecule has 0 radical (unpaired) electrons. The molecule has 0 aliphatic carbocycles. The van der Waals surface area contributed by atoms with Crippen LogP contribution < -0.4 is 5.32 Å². The van der Waals surface area contributed by atoms with E-state index in [0.29, 0.717) is 12.8 Å². The number of esters is 1. The summed E-state index contributed by atoms with van der Waals surface area (Å²) in [5.74, 6) is -3.48. The van der Waals surface area contributed by atoms with Gasteiger partial charge in [-0.15, -0.1) is 0 Å². The second kappa shape index (κ2) is 8.41. The van der Waals surface area contributed by atoms with Crippen molar-refractivity contribution >= 4 is 5.97 Å². The first-order valence-corrected chi connectivity index (χ1v) is 9.74. The Morgan fingerprint density at radius 3 is 2.71 bits per heavy atom. The predicted molar refractivity (Wildman–Crippen MR) is 98.4 cm³/mol. The lowest BCUT2D eigenvalue weighted by molar-refractivity contribution is -0.205. The highest BCUT2D eigenvalue weighted by atomic mass is 19.3. The summed E-state index contributed by atoms with van der Waals surface area (Å²) in [4.78, 5) is 18.3. The van der Waals surface area contributed by atoms with E-state index in [1.807, 2.05) is 30.3 Å². The standard InChI is InChI=1S/C20H28F2N2O4/c1-3-19(4-2,18(26)27-11-14-8-6-5-7-9-14)16(25)10-24-17-15(12-28-24)23-13-20(17,21)22/h5-9,15-17,23,25H,3-4,10-13H2,1-2H3/t15-,16?,17+/m1/s1. The van der Waals surface area contributed by atoms with Crippen LogP contribution in [0.2, 0.25) is 0 Å². The number of alkyl halides is 2. The van der Waals surface area contributed by atoms with Crippen LogP contribution in [-0.2, 0) is 21.0 Å². The van der Waals surface area contributed by atoms with E-state index in [9.17, 15) is 18.7 Å². The number of ether oxygens (including phenoxy) is 1. The molecule has 0 saturated carbocycles. The van der Waals surface area contributed by atoms with Gasteiger partial charge in [0.05, 0.1) is 37.3 Å². The van der Waals surface area contributed by atoms with Gasteiger partial charge in [-0.3, -0.25) is 9.63 Å². The van der Waals surface area contributed by atoms with E-state index < -0.39 is 42.0 Å². The number of hydroxylamine groups is 2. The lowest BCUT2D eigenvalue weighted by atomic mass is 9.76. The number of β-amino-alcohol motifs (C(OH)–C–C–N with tert-alkyl or cyclic N) is 1. The molecule has 2 heterocycles. The highest BCUT2D eigenvalue weighted by Gasteiger charge is 2.58. The zero-order valence-corrected chi connectivity index (χ0v) is 16.2. The molecule has 0 spiro atoms. The van der Waals surface area contributed by atoms with Crippen molar-refractivity contribution in [2.45, 2.75) is 57.4 Å². The van der Waals surface area contributed by atoms with E-state index in [-0.39, 0.29) is 19.8 Å². The fourth-order valence-corrected chi connectivity index (χ4v) is 4.12. The molecule has 2 aliphatic heterocycles. The molecule has 3 rings (SSSR count). The van der Waals surface area contributed by atoms with Crippen LogP contribution in [0.25, 0.3) is 0 Å².